The van der Waals surface area contributed by atoms with Crippen molar-refractivity contribution in [1.29, 1.82) is 0 Å². The molecule has 1 amide bonds. The molecule has 31 heavy (non-hydrogen) atoms. The molecule has 0 radical (unpaired) electrons. The van der Waals surface area contributed by atoms with Gasteiger partial charge in [-0.3, -0.25) is 9.59 Å². The molecule has 0 saturated heterocycles. The summed E-state index contributed by atoms with van der Waals surface area (Å²) in [6.07, 6.45) is 7.20. The normalized spacial score (nSPS) is 16.1. The first-order valence-corrected chi connectivity index (χ1v) is 10.8. The third-order valence-corrected chi connectivity index (χ3v) is 6.14. The number of fused-ring (bicyclic) bond motifs is 1. The molecule has 3 aromatic rings. The van der Waals surface area contributed by atoms with Gasteiger partial charge in [0.2, 0.25) is 0 Å². The summed E-state index contributed by atoms with van der Waals surface area (Å²) in [6.45, 7) is 0.530. The minimum atomic E-state index is -0.862. The van der Waals surface area contributed by atoms with Crippen LogP contribution in [0.4, 0.5) is 4.39 Å². The summed E-state index contributed by atoms with van der Waals surface area (Å²) in [6, 6.07) is 12.9. The van der Waals surface area contributed by atoms with Crippen LogP contribution in [0.15, 0.2) is 59.5 Å². The third-order valence-electron chi connectivity index (χ3n) is 6.14. The van der Waals surface area contributed by atoms with E-state index in [2.05, 4.69) is 5.32 Å². The van der Waals surface area contributed by atoms with Crippen LogP contribution in [0.3, 0.4) is 0 Å². The van der Waals surface area contributed by atoms with Crippen molar-refractivity contribution < 1.29 is 14.3 Å². The maximum atomic E-state index is 13.1. The molecule has 1 aromatic heterocycles. The molecule has 5 nitrogen and oxygen atoms in total. The summed E-state index contributed by atoms with van der Waals surface area (Å²) in [4.78, 5) is 25.9. The van der Waals surface area contributed by atoms with Gasteiger partial charge in [0, 0.05) is 29.1 Å². The average molecular weight is 423 g/mol. The Morgan fingerprint density at radius 1 is 1.00 bits per heavy atom. The van der Waals surface area contributed by atoms with Crippen LogP contribution in [0.25, 0.3) is 10.8 Å². The zero-order chi connectivity index (χ0) is 21.8. The lowest BCUT2D eigenvalue weighted by Gasteiger charge is -2.26. The number of halogens is 1. The highest BCUT2D eigenvalue weighted by atomic mass is 19.1. The van der Waals surface area contributed by atoms with E-state index in [0.29, 0.717) is 35.7 Å². The number of aliphatic hydroxyl groups is 1. The van der Waals surface area contributed by atoms with Crippen LogP contribution in [0.5, 0.6) is 0 Å². The molecule has 0 atom stereocenters. The lowest BCUT2D eigenvalue weighted by atomic mass is 9.94. The van der Waals surface area contributed by atoms with E-state index in [1.54, 1.807) is 47.2 Å². The Balaban J connectivity index is 1.56. The Bertz CT molecular complexity index is 1130. The Kier molecular flexibility index (Phi) is 6.18. The van der Waals surface area contributed by atoms with Gasteiger partial charge < -0.3 is 15.0 Å². The standard InChI is InChI=1S/C25H27FN2O3/c26-19-10-8-18(9-11-19)16-28-15-12-20-21(6-5-7-22(20)24(28)30)23(29)27-17-25(31)13-3-1-2-4-14-25/h5-12,15,31H,1-4,13-14,16-17H2,(H,27,29). The van der Waals surface area contributed by atoms with Gasteiger partial charge in [-0.25, -0.2) is 4.39 Å². The number of nitrogens with one attached hydrogen (secondary N) is 1. The van der Waals surface area contributed by atoms with Crippen molar-refractivity contribution in [2.45, 2.75) is 50.7 Å². The van der Waals surface area contributed by atoms with Crippen molar-refractivity contribution in [2.75, 3.05) is 6.54 Å². The molecule has 1 aliphatic rings. The van der Waals surface area contributed by atoms with Crippen LogP contribution in [0, 0.1) is 5.82 Å². The number of aromatic nitrogens is 1. The molecule has 6 heteroatoms. The number of hydrogen-bond donors (Lipinski definition) is 2. The molecular formula is C25H27FN2O3. The lowest BCUT2D eigenvalue weighted by Crippen LogP contribution is -2.42. The second-order valence-corrected chi connectivity index (χ2v) is 8.46. The molecule has 0 aliphatic heterocycles. The van der Waals surface area contributed by atoms with Gasteiger partial charge in [-0.1, -0.05) is 43.9 Å². The topological polar surface area (TPSA) is 71.3 Å². The van der Waals surface area contributed by atoms with E-state index in [0.717, 1.165) is 31.2 Å². The van der Waals surface area contributed by atoms with Crippen LogP contribution in [0.2, 0.25) is 0 Å². The number of pyridine rings is 1. The van der Waals surface area contributed by atoms with Gasteiger partial charge in [-0.2, -0.15) is 0 Å². The summed E-state index contributed by atoms with van der Waals surface area (Å²) in [5, 5.41) is 14.7. The predicted octanol–water partition coefficient (Wildman–Crippen LogP) is 4.00. The van der Waals surface area contributed by atoms with Gasteiger partial charge >= 0.3 is 0 Å². The second-order valence-electron chi connectivity index (χ2n) is 8.46. The Labute approximate surface area is 180 Å². The molecular weight excluding hydrogens is 395 g/mol. The Hall–Kier alpha value is -2.99. The van der Waals surface area contributed by atoms with E-state index in [-0.39, 0.29) is 23.8 Å². The zero-order valence-corrected chi connectivity index (χ0v) is 17.4. The summed E-state index contributed by atoms with van der Waals surface area (Å²) < 4.78 is 14.7. The van der Waals surface area contributed by atoms with E-state index in [4.69, 9.17) is 0 Å². The smallest absolute Gasteiger partial charge is 0.258 e. The maximum Gasteiger partial charge on any atom is 0.258 e. The number of benzene rings is 2. The highest BCUT2D eigenvalue weighted by molar-refractivity contribution is 6.06. The lowest BCUT2D eigenvalue weighted by molar-refractivity contribution is 0.0247. The Morgan fingerprint density at radius 3 is 2.42 bits per heavy atom. The van der Waals surface area contributed by atoms with Crippen molar-refractivity contribution in [1.82, 2.24) is 9.88 Å². The molecule has 0 bridgehead atoms. The molecule has 2 aromatic carbocycles. The van der Waals surface area contributed by atoms with E-state index in [9.17, 15) is 19.1 Å². The van der Waals surface area contributed by atoms with E-state index >= 15 is 0 Å². The van der Waals surface area contributed by atoms with Crippen molar-refractivity contribution in [2.24, 2.45) is 0 Å². The van der Waals surface area contributed by atoms with Crippen LogP contribution >= 0.6 is 0 Å². The van der Waals surface area contributed by atoms with E-state index in [1.165, 1.54) is 12.1 Å². The van der Waals surface area contributed by atoms with Gasteiger partial charge in [-0.15, -0.1) is 0 Å². The summed E-state index contributed by atoms with van der Waals surface area (Å²) in [7, 11) is 0. The number of carbonyl (C=O) groups is 1. The molecule has 1 aliphatic carbocycles. The average Bonchev–Trinajstić information content (AvgIpc) is 3.00. The zero-order valence-electron chi connectivity index (χ0n) is 17.4. The van der Waals surface area contributed by atoms with Gasteiger partial charge in [-0.05, 0) is 48.7 Å². The molecule has 1 heterocycles. The third kappa shape index (κ3) is 4.85. The monoisotopic (exact) mass is 422 g/mol. The van der Waals surface area contributed by atoms with Crippen LogP contribution in [-0.4, -0.2) is 27.7 Å². The van der Waals surface area contributed by atoms with Gasteiger partial charge in [0.15, 0.2) is 0 Å². The molecule has 4 rings (SSSR count). The molecule has 0 spiro atoms. The van der Waals surface area contributed by atoms with Gasteiger partial charge in [0.25, 0.3) is 11.5 Å². The fourth-order valence-corrected chi connectivity index (χ4v) is 4.33. The highest BCUT2D eigenvalue weighted by Crippen LogP contribution is 2.26. The van der Waals surface area contributed by atoms with Gasteiger partial charge in [0.1, 0.15) is 5.82 Å². The second kappa shape index (κ2) is 9.02. The summed E-state index contributed by atoms with van der Waals surface area (Å²) >= 11 is 0. The van der Waals surface area contributed by atoms with E-state index < -0.39 is 5.60 Å². The molecule has 162 valence electrons. The number of hydrogen-bond acceptors (Lipinski definition) is 3. The number of amides is 1. The fourth-order valence-electron chi connectivity index (χ4n) is 4.33. The molecule has 0 unspecified atom stereocenters. The first kappa shape index (κ1) is 21.2. The van der Waals surface area contributed by atoms with Crippen molar-refractivity contribution in [3.63, 3.8) is 0 Å². The van der Waals surface area contributed by atoms with Crippen LogP contribution < -0.4 is 10.9 Å². The van der Waals surface area contributed by atoms with Gasteiger partial charge in [0.05, 0.1) is 12.1 Å². The molecule has 1 saturated carbocycles. The fraction of sp³-hybridized carbons (Fsp3) is 0.360. The summed E-state index contributed by atoms with van der Waals surface area (Å²) in [5.41, 5.74) is 0.159. The first-order chi connectivity index (χ1) is 15.0. The molecule has 1 fully saturated rings. The van der Waals surface area contributed by atoms with E-state index in [1.807, 2.05) is 0 Å². The minimum absolute atomic E-state index is 0.209. The Morgan fingerprint density at radius 2 is 1.71 bits per heavy atom. The van der Waals surface area contributed by atoms with Crippen molar-refractivity contribution in [3.05, 3.63) is 82.0 Å². The predicted molar refractivity (Wildman–Crippen MR) is 119 cm³/mol. The van der Waals surface area contributed by atoms with Crippen LogP contribution in [-0.2, 0) is 6.54 Å². The number of rotatable bonds is 5. The van der Waals surface area contributed by atoms with Crippen molar-refractivity contribution >= 4 is 16.7 Å². The largest absolute Gasteiger partial charge is 0.388 e. The quantitative estimate of drug-likeness (QED) is 0.611. The first-order valence-electron chi connectivity index (χ1n) is 10.8. The van der Waals surface area contributed by atoms with Crippen LogP contribution in [0.1, 0.15) is 54.4 Å². The maximum absolute atomic E-state index is 13.1. The number of carbonyl (C=O) groups excluding carboxylic acids is 1. The SMILES string of the molecule is O=C(NCC1(O)CCCCCC1)c1cccc2c(=O)n(Cc3ccc(F)cc3)ccc12. The molecule has 2 N–H and O–H groups in total. The number of nitrogens with zero attached hydrogens (tertiary/aromatic N) is 1. The summed E-state index contributed by atoms with van der Waals surface area (Å²) in [5.74, 6) is -0.613. The highest BCUT2D eigenvalue weighted by Gasteiger charge is 2.28. The van der Waals surface area contributed by atoms with Crippen molar-refractivity contribution in [3.8, 4) is 0 Å². The minimum Gasteiger partial charge on any atom is -0.388 e.